The molecule has 1 atom stereocenters. The first-order valence-electron chi connectivity index (χ1n) is 8.65. The fourth-order valence-corrected chi connectivity index (χ4v) is 3.71. The van der Waals surface area contributed by atoms with Gasteiger partial charge in [0.25, 0.3) is 5.56 Å². The van der Waals surface area contributed by atoms with E-state index in [1.165, 1.54) is 23.6 Å². The molecule has 30 heavy (non-hydrogen) atoms. The van der Waals surface area contributed by atoms with Crippen LogP contribution in [0.4, 0.5) is 18.9 Å². The van der Waals surface area contributed by atoms with Crippen LogP contribution in [0.5, 0.6) is 0 Å². The van der Waals surface area contributed by atoms with Crippen LogP contribution < -0.4 is 10.9 Å². The molecule has 0 aliphatic carbocycles. The smallest absolute Gasteiger partial charge is 0.262 e. The Kier molecular flexibility index (Phi) is 6.52. The summed E-state index contributed by atoms with van der Waals surface area (Å²) in [6, 6.07) is 6.31. The van der Waals surface area contributed by atoms with Crippen LogP contribution in [0, 0.1) is 17.5 Å². The lowest BCUT2D eigenvalue weighted by atomic mass is 10.2. The van der Waals surface area contributed by atoms with Gasteiger partial charge < -0.3 is 5.32 Å². The van der Waals surface area contributed by atoms with Gasteiger partial charge in [-0.05, 0) is 37.3 Å². The number of carbonyl (C=O) groups is 1. The normalized spacial score (nSPS) is 12.0. The predicted molar refractivity (Wildman–Crippen MR) is 111 cm³/mol. The fraction of sp³-hybridized carbons (Fsp3) is 0.150. The third-order valence-corrected chi connectivity index (χ3v) is 5.46. The van der Waals surface area contributed by atoms with E-state index in [-0.39, 0.29) is 17.3 Å². The summed E-state index contributed by atoms with van der Waals surface area (Å²) < 4.78 is 41.6. The van der Waals surface area contributed by atoms with Gasteiger partial charge >= 0.3 is 0 Å². The average molecular weight is 454 g/mol. The monoisotopic (exact) mass is 453 g/mol. The second kappa shape index (κ2) is 8.93. The molecule has 1 aromatic heterocycles. The molecule has 0 saturated heterocycles. The van der Waals surface area contributed by atoms with Gasteiger partial charge in [-0.3, -0.25) is 14.2 Å². The van der Waals surface area contributed by atoms with E-state index in [1.54, 1.807) is 12.1 Å². The summed E-state index contributed by atoms with van der Waals surface area (Å²) in [7, 11) is 0. The second-order valence-electron chi connectivity index (χ2n) is 6.23. The maximum absolute atomic E-state index is 13.8. The van der Waals surface area contributed by atoms with Gasteiger partial charge in [0.05, 0.1) is 21.8 Å². The van der Waals surface area contributed by atoms with Crippen LogP contribution in [0.2, 0.25) is 5.02 Å². The van der Waals surface area contributed by atoms with E-state index in [0.717, 1.165) is 17.8 Å². The molecule has 5 nitrogen and oxygen atoms in total. The van der Waals surface area contributed by atoms with Crippen molar-refractivity contribution in [2.24, 2.45) is 0 Å². The minimum absolute atomic E-state index is 0.142. The van der Waals surface area contributed by atoms with Crippen molar-refractivity contribution in [1.29, 1.82) is 0 Å². The Morgan fingerprint density at radius 3 is 2.73 bits per heavy atom. The quantitative estimate of drug-likeness (QED) is 0.253. The number of fused-ring (bicyclic) bond motifs is 1. The summed E-state index contributed by atoms with van der Waals surface area (Å²) in [5, 5.41) is 2.31. The number of allylic oxidation sites excluding steroid dienone is 1. The fourth-order valence-electron chi connectivity index (χ4n) is 2.62. The van der Waals surface area contributed by atoms with Gasteiger partial charge in [-0.1, -0.05) is 29.4 Å². The zero-order valence-corrected chi connectivity index (χ0v) is 17.2. The first kappa shape index (κ1) is 21.9. The number of nitrogens with one attached hydrogen (secondary N) is 1. The Hall–Kier alpha value is -2.78. The second-order valence-corrected chi connectivity index (χ2v) is 7.98. The Morgan fingerprint density at radius 2 is 2.03 bits per heavy atom. The van der Waals surface area contributed by atoms with Crippen molar-refractivity contribution in [1.82, 2.24) is 9.55 Å². The SMILES string of the molecule is C=CCn1c(S[C@@H](C)C(=O)Nc2ccc(F)c(F)c2F)nc2ccc(Cl)cc2c1=O. The van der Waals surface area contributed by atoms with E-state index in [4.69, 9.17) is 11.6 Å². The first-order valence-corrected chi connectivity index (χ1v) is 9.90. The van der Waals surface area contributed by atoms with Crippen LogP contribution in [0.15, 0.2) is 52.9 Å². The molecule has 0 bridgehead atoms. The van der Waals surface area contributed by atoms with Crippen molar-refractivity contribution in [3.63, 3.8) is 0 Å². The van der Waals surface area contributed by atoms with Crippen molar-refractivity contribution in [3.8, 4) is 0 Å². The molecule has 0 aliphatic rings. The largest absolute Gasteiger partial charge is 0.323 e. The van der Waals surface area contributed by atoms with Crippen LogP contribution in [-0.4, -0.2) is 20.7 Å². The van der Waals surface area contributed by atoms with Gasteiger partial charge in [-0.25, -0.2) is 18.2 Å². The molecule has 0 radical (unpaired) electrons. The van der Waals surface area contributed by atoms with Crippen molar-refractivity contribution in [3.05, 3.63) is 75.8 Å². The number of hydrogen-bond donors (Lipinski definition) is 1. The third-order valence-electron chi connectivity index (χ3n) is 4.14. The molecule has 0 fully saturated rings. The molecule has 1 amide bonds. The van der Waals surface area contributed by atoms with Crippen molar-refractivity contribution >= 4 is 45.9 Å². The van der Waals surface area contributed by atoms with E-state index in [0.29, 0.717) is 22.0 Å². The molecule has 1 heterocycles. The Labute approximate surface area is 178 Å². The summed E-state index contributed by atoms with van der Waals surface area (Å²) in [6.07, 6.45) is 1.50. The lowest BCUT2D eigenvalue weighted by molar-refractivity contribution is -0.115. The first-order chi connectivity index (χ1) is 14.2. The molecule has 0 aliphatic heterocycles. The maximum Gasteiger partial charge on any atom is 0.262 e. The standard InChI is InChI=1S/C20H15ClF3N3O2S/c1-3-8-27-19(29)12-9-11(21)4-6-14(12)26-20(27)30-10(2)18(28)25-15-7-5-13(22)16(23)17(15)24/h3-7,9-10H,1,8H2,2H3,(H,25,28)/t10-/m0/s1. The highest BCUT2D eigenvalue weighted by molar-refractivity contribution is 8.00. The number of amides is 1. The highest BCUT2D eigenvalue weighted by Gasteiger charge is 2.22. The highest BCUT2D eigenvalue weighted by atomic mass is 35.5. The number of carbonyl (C=O) groups excluding carboxylic acids is 1. The Bertz CT molecular complexity index is 1220. The molecule has 0 spiro atoms. The van der Waals surface area contributed by atoms with Crippen LogP contribution in [-0.2, 0) is 11.3 Å². The van der Waals surface area contributed by atoms with E-state index >= 15 is 0 Å². The molecular weight excluding hydrogens is 439 g/mol. The molecular formula is C20H15ClF3N3O2S. The highest BCUT2D eigenvalue weighted by Crippen LogP contribution is 2.26. The summed E-state index contributed by atoms with van der Waals surface area (Å²) >= 11 is 6.91. The minimum atomic E-state index is -1.68. The average Bonchev–Trinajstić information content (AvgIpc) is 2.71. The van der Waals surface area contributed by atoms with Gasteiger partial charge in [0.2, 0.25) is 5.91 Å². The summed E-state index contributed by atoms with van der Waals surface area (Å²) in [4.78, 5) is 29.7. The summed E-state index contributed by atoms with van der Waals surface area (Å²) in [5.41, 5.74) is -0.452. The topological polar surface area (TPSA) is 64.0 Å². The number of hydrogen-bond acceptors (Lipinski definition) is 4. The third kappa shape index (κ3) is 4.36. The predicted octanol–water partition coefficient (Wildman–Crippen LogP) is 4.77. The number of rotatable bonds is 6. The van der Waals surface area contributed by atoms with E-state index in [9.17, 15) is 22.8 Å². The van der Waals surface area contributed by atoms with Crippen LogP contribution in [0.25, 0.3) is 10.9 Å². The zero-order chi connectivity index (χ0) is 22.0. The number of thioether (sulfide) groups is 1. The Morgan fingerprint density at radius 1 is 1.30 bits per heavy atom. The van der Waals surface area contributed by atoms with Crippen LogP contribution in [0.1, 0.15) is 6.92 Å². The molecule has 156 valence electrons. The van der Waals surface area contributed by atoms with Crippen LogP contribution >= 0.6 is 23.4 Å². The van der Waals surface area contributed by atoms with E-state index < -0.39 is 34.3 Å². The maximum atomic E-state index is 13.8. The lowest BCUT2D eigenvalue weighted by Gasteiger charge is -2.16. The zero-order valence-electron chi connectivity index (χ0n) is 15.6. The Balaban J connectivity index is 1.91. The summed E-state index contributed by atoms with van der Waals surface area (Å²) in [5.74, 6) is -5.21. The van der Waals surface area contributed by atoms with E-state index in [2.05, 4.69) is 16.9 Å². The molecule has 3 rings (SSSR count). The minimum Gasteiger partial charge on any atom is -0.323 e. The number of halogens is 4. The molecule has 1 N–H and O–H groups in total. The number of aromatic nitrogens is 2. The lowest BCUT2D eigenvalue weighted by Crippen LogP contribution is -2.27. The van der Waals surface area contributed by atoms with Gasteiger partial charge in [0, 0.05) is 11.6 Å². The van der Waals surface area contributed by atoms with Crippen molar-refractivity contribution in [2.75, 3.05) is 5.32 Å². The van der Waals surface area contributed by atoms with Crippen LogP contribution in [0.3, 0.4) is 0 Å². The molecule has 3 aromatic rings. The number of benzene rings is 2. The van der Waals surface area contributed by atoms with E-state index in [1.807, 2.05) is 0 Å². The molecule has 10 heteroatoms. The number of nitrogens with zero attached hydrogens (tertiary/aromatic N) is 2. The van der Waals surface area contributed by atoms with Gasteiger partial charge in [0.15, 0.2) is 22.6 Å². The molecule has 0 unspecified atom stereocenters. The van der Waals surface area contributed by atoms with Gasteiger partial charge in [0.1, 0.15) is 0 Å². The number of anilines is 1. The van der Waals surface area contributed by atoms with Crippen molar-refractivity contribution < 1.29 is 18.0 Å². The summed E-state index contributed by atoms with van der Waals surface area (Å²) in [6.45, 7) is 5.27. The van der Waals surface area contributed by atoms with Gasteiger partial charge in [-0.15, -0.1) is 6.58 Å². The molecule has 0 saturated carbocycles. The van der Waals surface area contributed by atoms with Crippen molar-refractivity contribution in [2.45, 2.75) is 23.9 Å². The molecule has 2 aromatic carbocycles. The van der Waals surface area contributed by atoms with Gasteiger partial charge in [-0.2, -0.15) is 0 Å².